The number of hydrogen-bond acceptors (Lipinski definition) is 3. The molecule has 1 aliphatic heterocycles. The molecule has 2 atom stereocenters. The molecule has 2 aromatic carbocycles. The van der Waals surface area contributed by atoms with Crippen LogP contribution in [0.2, 0.25) is 5.02 Å². The molecule has 1 N–H and O–H groups in total. The van der Waals surface area contributed by atoms with Crippen molar-refractivity contribution >= 4 is 39.9 Å². The molecule has 160 valence electrons. The van der Waals surface area contributed by atoms with E-state index in [4.69, 9.17) is 16.3 Å². The van der Waals surface area contributed by atoms with Crippen LogP contribution >= 0.6 is 39.9 Å². The maximum Gasteiger partial charge on any atom is 0.0979 e. The molecular weight excluding hydrogens is 473 g/mol. The fourth-order valence-corrected chi connectivity index (χ4v) is 4.48. The Bertz CT molecular complexity index is 748. The second-order valence-corrected chi connectivity index (χ2v) is 9.40. The standard InChI is InChI=1S/C23H29BrClNO2.ClH/c1-17(2)15-23(27,19-5-7-20(24)8-6-19)22(16-26-11-13-28-14-12-26)18-3-9-21(25)10-4-18;/h3-10,17,22,27H,11-16H2,1-2H3;1H. The summed E-state index contributed by atoms with van der Waals surface area (Å²) in [4.78, 5) is 2.40. The second kappa shape index (κ2) is 11.1. The molecule has 0 amide bonds. The molecule has 29 heavy (non-hydrogen) atoms. The molecule has 1 saturated heterocycles. The van der Waals surface area contributed by atoms with Crippen molar-refractivity contribution in [3.05, 3.63) is 69.2 Å². The Hall–Kier alpha value is -0.620. The van der Waals surface area contributed by atoms with Crippen LogP contribution in [0, 0.1) is 5.92 Å². The van der Waals surface area contributed by atoms with Crippen molar-refractivity contribution in [1.29, 1.82) is 0 Å². The van der Waals surface area contributed by atoms with Crippen molar-refractivity contribution in [1.82, 2.24) is 4.90 Å². The number of ether oxygens (including phenoxy) is 1. The van der Waals surface area contributed by atoms with Gasteiger partial charge in [-0.05, 0) is 47.7 Å². The van der Waals surface area contributed by atoms with Crippen LogP contribution in [-0.4, -0.2) is 42.9 Å². The van der Waals surface area contributed by atoms with Crippen LogP contribution < -0.4 is 0 Å². The van der Waals surface area contributed by atoms with Crippen LogP contribution in [0.3, 0.4) is 0 Å². The minimum absolute atomic E-state index is 0. The molecule has 3 nitrogen and oxygen atoms in total. The number of aliphatic hydroxyl groups is 1. The van der Waals surface area contributed by atoms with Gasteiger partial charge in [0.05, 0.1) is 18.8 Å². The van der Waals surface area contributed by atoms with Gasteiger partial charge in [-0.15, -0.1) is 12.4 Å². The second-order valence-electron chi connectivity index (χ2n) is 8.05. The van der Waals surface area contributed by atoms with Crippen molar-refractivity contribution in [3.8, 4) is 0 Å². The highest BCUT2D eigenvalue weighted by atomic mass is 79.9. The summed E-state index contributed by atoms with van der Waals surface area (Å²) in [5.41, 5.74) is 1.10. The third kappa shape index (κ3) is 6.43. The minimum atomic E-state index is -0.971. The predicted octanol–water partition coefficient (Wildman–Crippen LogP) is 5.87. The molecule has 1 fully saturated rings. The lowest BCUT2D eigenvalue weighted by Gasteiger charge is -2.42. The smallest absolute Gasteiger partial charge is 0.0979 e. The van der Waals surface area contributed by atoms with Crippen molar-refractivity contribution in [2.75, 3.05) is 32.8 Å². The summed E-state index contributed by atoms with van der Waals surface area (Å²) in [5, 5.41) is 12.9. The quantitative estimate of drug-likeness (QED) is 0.513. The van der Waals surface area contributed by atoms with E-state index in [9.17, 15) is 5.11 Å². The zero-order valence-corrected chi connectivity index (χ0v) is 20.1. The largest absolute Gasteiger partial charge is 0.384 e. The number of rotatable bonds is 7. The zero-order valence-electron chi connectivity index (χ0n) is 17.0. The summed E-state index contributed by atoms with van der Waals surface area (Å²) in [6, 6.07) is 16.0. The SMILES string of the molecule is CC(C)CC(O)(c1ccc(Br)cc1)C(CN1CCOCC1)c1ccc(Cl)cc1.Cl. The van der Waals surface area contributed by atoms with Crippen molar-refractivity contribution < 1.29 is 9.84 Å². The Morgan fingerprint density at radius 3 is 2.21 bits per heavy atom. The summed E-state index contributed by atoms with van der Waals surface area (Å²) in [5.74, 6) is 0.291. The first kappa shape index (κ1) is 24.6. The van der Waals surface area contributed by atoms with Crippen LogP contribution in [0.25, 0.3) is 0 Å². The Labute approximate surface area is 193 Å². The molecule has 0 aromatic heterocycles. The van der Waals surface area contributed by atoms with Gasteiger partial charge in [0, 0.05) is 35.0 Å². The summed E-state index contributed by atoms with van der Waals surface area (Å²) in [6.07, 6.45) is 0.687. The fraction of sp³-hybridized carbons (Fsp3) is 0.478. The topological polar surface area (TPSA) is 32.7 Å². The lowest BCUT2D eigenvalue weighted by molar-refractivity contribution is -0.0356. The van der Waals surface area contributed by atoms with E-state index in [0.29, 0.717) is 17.4 Å². The third-order valence-electron chi connectivity index (χ3n) is 5.46. The van der Waals surface area contributed by atoms with E-state index in [1.165, 1.54) is 0 Å². The summed E-state index contributed by atoms with van der Waals surface area (Å²) in [6.45, 7) is 8.38. The van der Waals surface area contributed by atoms with Crippen molar-refractivity contribution in [3.63, 3.8) is 0 Å². The fourth-order valence-electron chi connectivity index (χ4n) is 4.09. The lowest BCUT2D eigenvalue weighted by Crippen LogP contribution is -2.45. The van der Waals surface area contributed by atoms with Gasteiger partial charge in [0.1, 0.15) is 0 Å². The molecule has 1 heterocycles. The molecule has 6 heteroatoms. The van der Waals surface area contributed by atoms with Crippen LogP contribution in [0.5, 0.6) is 0 Å². The molecule has 0 saturated carbocycles. The van der Waals surface area contributed by atoms with Crippen molar-refractivity contribution in [2.45, 2.75) is 31.8 Å². The normalized spacial score (nSPS) is 18.1. The van der Waals surface area contributed by atoms with Gasteiger partial charge in [-0.3, -0.25) is 4.90 Å². The van der Waals surface area contributed by atoms with Gasteiger partial charge in [-0.25, -0.2) is 0 Å². The van der Waals surface area contributed by atoms with E-state index in [1.54, 1.807) is 0 Å². The first-order valence-electron chi connectivity index (χ1n) is 9.92. The molecule has 0 radical (unpaired) electrons. The van der Waals surface area contributed by atoms with E-state index < -0.39 is 5.60 Å². The third-order valence-corrected chi connectivity index (χ3v) is 6.24. The predicted molar refractivity (Wildman–Crippen MR) is 126 cm³/mol. The van der Waals surface area contributed by atoms with Gasteiger partial charge in [0.25, 0.3) is 0 Å². The highest BCUT2D eigenvalue weighted by Gasteiger charge is 2.41. The molecule has 3 rings (SSSR count). The van der Waals surface area contributed by atoms with E-state index in [-0.39, 0.29) is 18.3 Å². The monoisotopic (exact) mass is 501 g/mol. The Morgan fingerprint density at radius 1 is 1.07 bits per heavy atom. The average molecular weight is 503 g/mol. The van der Waals surface area contributed by atoms with E-state index in [1.807, 2.05) is 36.4 Å². The van der Waals surface area contributed by atoms with Crippen LogP contribution in [0.1, 0.15) is 37.3 Å². The molecule has 2 aromatic rings. The Kier molecular flexibility index (Phi) is 9.46. The van der Waals surface area contributed by atoms with Gasteiger partial charge in [0.15, 0.2) is 0 Å². The van der Waals surface area contributed by atoms with E-state index >= 15 is 0 Å². The zero-order chi connectivity index (χ0) is 20.1. The highest BCUT2D eigenvalue weighted by Crippen LogP contribution is 2.43. The maximum atomic E-state index is 12.2. The molecule has 1 aliphatic rings. The summed E-state index contributed by atoms with van der Waals surface area (Å²) >= 11 is 9.66. The Morgan fingerprint density at radius 2 is 1.66 bits per heavy atom. The van der Waals surface area contributed by atoms with E-state index in [2.05, 4.69) is 46.8 Å². The number of nitrogens with zero attached hydrogens (tertiary/aromatic N) is 1. The first-order chi connectivity index (χ1) is 13.4. The average Bonchev–Trinajstić information content (AvgIpc) is 2.67. The molecule has 2 unspecified atom stereocenters. The van der Waals surface area contributed by atoms with Crippen LogP contribution in [0.15, 0.2) is 53.0 Å². The van der Waals surface area contributed by atoms with Gasteiger partial charge < -0.3 is 9.84 Å². The first-order valence-corrected chi connectivity index (χ1v) is 11.1. The number of hydrogen-bond donors (Lipinski definition) is 1. The Balaban J connectivity index is 0.00000300. The molecule has 0 bridgehead atoms. The molecule has 0 spiro atoms. The highest BCUT2D eigenvalue weighted by molar-refractivity contribution is 9.10. The van der Waals surface area contributed by atoms with Gasteiger partial charge >= 0.3 is 0 Å². The number of benzene rings is 2. The van der Waals surface area contributed by atoms with Crippen LogP contribution in [-0.2, 0) is 10.3 Å². The van der Waals surface area contributed by atoms with Crippen molar-refractivity contribution in [2.24, 2.45) is 5.92 Å². The van der Waals surface area contributed by atoms with Crippen LogP contribution in [0.4, 0.5) is 0 Å². The summed E-state index contributed by atoms with van der Waals surface area (Å²) < 4.78 is 6.54. The minimum Gasteiger partial charge on any atom is -0.384 e. The maximum absolute atomic E-state index is 12.2. The van der Waals surface area contributed by atoms with E-state index in [0.717, 1.165) is 48.4 Å². The van der Waals surface area contributed by atoms with Gasteiger partial charge in [-0.1, -0.05) is 65.6 Å². The number of halogens is 3. The molecule has 0 aliphatic carbocycles. The molecular formula is C23H30BrCl2NO2. The summed E-state index contributed by atoms with van der Waals surface area (Å²) in [7, 11) is 0. The lowest BCUT2D eigenvalue weighted by atomic mass is 9.72. The van der Waals surface area contributed by atoms with Gasteiger partial charge in [0.2, 0.25) is 0 Å². The number of morpholine rings is 1. The van der Waals surface area contributed by atoms with Gasteiger partial charge in [-0.2, -0.15) is 0 Å².